The Kier molecular flexibility index (Phi) is 4.70. The van der Waals surface area contributed by atoms with Crippen molar-refractivity contribution in [2.75, 3.05) is 6.61 Å². The Hall–Kier alpha value is -1.06. The van der Waals surface area contributed by atoms with Gasteiger partial charge in [0.05, 0.1) is 6.61 Å². The Morgan fingerprint density at radius 2 is 1.96 bits per heavy atom. The van der Waals surface area contributed by atoms with Crippen molar-refractivity contribution < 1.29 is 15.3 Å². The average Bonchev–Trinajstić information content (AvgIpc) is 2.52. The van der Waals surface area contributed by atoms with Gasteiger partial charge in [-0.2, -0.15) is 0 Å². The number of rotatable bonds is 4. The zero-order chi connectivity index (χ0) is 16.6. The molecule has 3 heteroatoms. The molecule has 3 unspecified atom stereocenters. The van der Waals surface area contributed by atoms with Crippen molar-refractivity contribution >= 4 is 0 Å². The van der Waals surface area contributed by atoms with Gasteiger partial charge >= 0.3 is 0 Å². The van der Waals surface area contributed by atoms with Crippen LogP contribution in [0.5, 0.6) is 5.75 Å². The second kappa shape index (κ2) is 6.45. The molecule has 1 saturated carbocycles. The lowest BCUT2D eigenvalue weighted by atomic mass is 9.54. The summed E-state index contributed by atoms with van der Waals surface area (Å²) in [7, 11) is 0. The summed E-state index contributed by atoms with van der Waals surface area (Å²) >= 11 is 0. The van der Waals surface area contributed by atoms with E-state index in [9.17, 15) is 15.3 Å². The first-order valence-electron chi connectivity index (χ1n) is 9.04. The number of aromatic hydroxyl groups is 1. The van der Waals surface area contributed by atoms with Crippen LogP contribution in [0.3, 0.4) is 0 Å². The van der Waals surface area contributed by atoms with Gasteiger partial charge in [-0.1, -0.05) is 13.8 Å². The van der Waals surface area contributed by atoms with E-state index in [4.69, 9.17) is 0 Å². The van der Waals surface area contributed by atoms with E-state index in [1.807, 2.05) is 12.1 Å². The molecule has 2 aliphatic rings. The summed E-state index contributed by atoms with van der Waals surface area (Å²) in [5, 5.41) is 28.8. The van der Waals surface area contributed by atoms with Gasteiger partial charge in [0.15, 0.2) is 0 Å². The Labute approximate surface area is 139 Å². The molecule has 3 nitrogen and oxygen atoms in total. The number of fused-ring (bicyclic) bond motifs is 3. The van der Waals surface area contributed by atoms with Crippen LogP contribution >= 0.6 is 0 Å². The van der Waals surface area contributed by atoms with Crippen molar-refractivity contribution in [3.8, 4) is 5.75 Å². The molecule has 3 rings (SSSR count). The highest BCUT2D eigenvalue weighted by Crippen LogP contribution is 2.56. The van der Waals surface area contributed by atoms with E-state index in [1.54, 1.807) is 0 Å². The Morgan fingerprint density at radius 1 is 1.17 bits per heavy atom. The standard InChI is InChI=1S/C20H30O3/c1-20(2)8-7-15-16(18(20)4-3-9-21)6-5-13-11-19(23)14(12-22)10-17(13)15/h10-11,15-16,18,21-23H,3-9,12H2,1-2H3. The van der Waals surface area contributed by atoms with Crippen LogP contribution in [-0.4, -0.2) is 21.9 Å². The number of hydrogen-bond acceptors (Lipinski definition) is 3. The van der Waals surface area contributed by atoms with E-state index in [2.05, 4.69) is 13.8 Å². The molecule has 0 aliphatic heterocycles. The quantitative estimate of drug-likeness (QED) is 0.792. The molecule has 0 heterocycles. The van der Waals surface area contributed by atoms with E-state index in [-0.39, 0.29) is 19.0 Å². The summed E-state index contributed by atoms with van der Waals surface area (Å²) in [5.74, 6) is 2.08. The van der Waals surface area contributed by atoms with Crippen molar-refractivity contribution in [2.45, 2.75) is 64.9 Å². The lowest BCUT2D eigenvalue weighted by Crippen LogP contribution is -2.41. The van der Waals surface area contributed by atoms with Crippen molar-refractivity contribution in [2.24, 2.45) is 17.3 Å². The molecule has 0 spiro atoms. The van der Waals surface area contributed by atoms with Gasteiger partial charge < -0.3 is 15.3 Å². The van der Waals surface area contributed by atoms with Crippen molar-refractivity contribution in [3.05, 3.63) is 28.8 Å². The fourth-order valence-corrected chi connectivity index (χ4v) is 5.20. The van der Waals surface area contributed by atoms with Crippen LogP contribution in [0, 0.1) is 17.3 Å². The number of benzene rings is 1. The molecule has 3 atom stereocenters. The summed E-state index contributed by atoms with van der Waals surface area (Å²) in [6.45, 7) is 4.95. The maximum absolute atomic E-state index is 10.0. The topological polar surface area (TPSA) is 60.7 Å². The smallest absolute Gasteiger partial charge is 0.121 e. The van der Waals surface area contributed by atoms with Crippen molar-refractivity contribution in [1.29, 1.82) is 0 Å². The molecular weight excluding hydrogens is 288 g/mol. The van der Waals surface area contributed by atoms with Gasteiger partial charge in [-0.25, -0.2) is 0 Å². The minimum Gasteiger partial charge on any atom is -0.508 e. The molecule has 2 aliphatic carbocycles. The predicted octanol–water partition coefficient (Wildman–Crippen LogP) is 3.74. The van der Waals surface area contributed by atoms with Gasteiger partial charge in [0.1, 0.15) is 5.75 Å². The minimum absolute atomic E-state index is 0.101. The van der Waals surface area contributed by atoms with Gasteiger partial charge in [0, 0.05) is 12.2 Å². The van der Waals surface area contributed by atoms with Crippen molar-refractivity contribution in [1.82, 2.24) is 0 Å². The SMILES string of the molecule is CC1(C)CCC2c3cc(CO)c(O)cc3CCC2C1CCCO. The van der Waals surface area contributed by atoms with Gasteiger partial charge in [-0.15, -0.1) is 0 Å². The van der Waals surface area contributed by atoms with Crippen LogP contribution in [0.25, 0.3) is 0 Å². The van der Waals surface area contributed by atoms with E-state index in [0.717, 1.165) is 19.3 Å². The van der Waals surface area contributed by atoms with Gasteiger partial charge in [0.2, 0.25) is 0 Å². The molecule has 0 aromatic heterocycles. The molecule has 3 N–H and O–H groups in total. The number of aliphatic hydroxyl groups excluding tert-OH is 2. The van der Waals surface area contributed by atoms with Crippen LogP contribution in [0.1, 0.15) is 68.6 Å². The molecule has 0 radical (unpaired) electrons. The molecule has 128 valence electrons. The molecule has 1 fully saturated rings. The lowest BCUT2D eigenvalue weighted by Gasteiger charge is -2.51. The number of aryl methyl sites for hydroxylation is 1. The fourth-order valence-electron chi connectivity index (χ4n) is 5.20. The average molecular weight is 318 g/mol. The summed E-state index contributed by atoms with van der Waals surface area (Å²) in [6, 6.07) is 3.92. The predicted molar refractivity (Wildman–Crippen MR) is 91.4 cm³/mol. The Morgan fingerprint density at radius 3 is 2.65 bits per heavy atom. The first kappa shape index (κ1) is 16.8. The summed E-state index contributed by atoms with van der Waals surface area (Å²) in [6.07, 6.45) is 6.58. The molecule has 0 amide bonds. The number of phenols is 1. The number of aliphatic hydroxyl groups is 2. The summed E-state index contributed by atoms with van der Waals surface area (Å²) in [5.41, 5.74) is 3.61. The maximum Gasteiger partial charge on any atom is 0.121 e. The van der Waals surface area contributed by atoms with Crippen LogP contribution < -0.4 is 0 Å². The van der Waals surface area contributed by atoms with Gasteiger partial charge in [0.25, 0.3) is 0 Å². The molecular formula is C20H30O3. The maximum atomic E-state index is 10.0. The third-order valence-electron chi connectivity index (χ3n) is 6.47. The Balaban J connectivity index is 1.94. The van der Waals surface area contributed by atoms with Crippen LogP contribution in [0.15, 0.2) is 12.1 Å². The fraction of sp³-hybridized carbons (Fsp3) is 0.700. The molecule has 1 aromatic rings. The first-order chi connectivity index (χ1) is 11.0. The Bertz CT molecular complexity index is 564. The normalized spacial score (nSPS) is 29.0. The van der Waals surface area contributed by atoms with E-state index >= 15 is 0 Å². The highest BCUT2D eigenvalue weighted by molar-refractivity contribution is 5.45. The van der Waals surface area contributed by atoms with Crippen molar-refractivity contribution in [3.63, 3.8) is 0 Å². The lowest BCUT2D eigenvalue weighted by molar-refractivity contribution is 0.0351. The van der Waals surface area contributed by atoms with Gasteiger partial charge in [-0.3, -0.25) is 0 Å². The molecule has 0 saturated heterocycles. The highest BCUT2D eigenvalue weighted by atomic mass is 16.3. The van der Waals surface area contributed by atoms with E-state index in [0.29, 0.717) is 28.7 Å². The molecule has 0 bridgehead atoms. The van der Waals surface area contributed by atoms with Crippen LogP contribution in [-0.2, 0) is 13.0 Å². The summed E-state index contributed by atoms with van der Waals surface area (Å²) < 4.78 is 0. The largest absolute Gasteiger partial charge is 0.508 e. The second-order valence-electron chi connectivity index (χ2n) is 8.15. The zero-order valence-corrected chi connectivity index (χ0v) is 14.4. The second-order valence-corrected chi connectivity index (χ2v) is 8.15. The monoisotopic (exact) mass is 318 g/mol. The van der Waals surface area contributed by atoms with Crippen LogP contribution in [0.2, 0.25) is 0 Å². The molecule has 23 heavy (non-hydrogen) atoms. The van der Waals surface area contributed by atoms with E-state index in [1.165, 1.54) is 30.4 Å². The highest BCUT2D eigenvalue weighted by Gasteiger charge is 2.45. The first-order valence-corrected chi connectivity index (χ1v) is 9.04. The summed E-state index contributed by atoms with van der Waals surface area (Å²) in [4.78, 5) is 0. The third-order valence-corrected chi connectivity index (χ3v) is 6.47. The van der Waals surface area contributed by atoms with E-state index < -0.39 is 0 Å². The third kappa shape index (κ3) is 3.01. The van der Waals surface area contributed by atoms with Crippen LogP contribution in [0.4, 0.5) is 0 Å². The molecule has 1 aromatic carbocycles. The zero-order valence-electron chi connectivity index (χ0n) is 14.4. The number of hydrogen-bond donors (Lipinski definition) is 3. The van der Waals surface area contributed by atoms with Gasteiger partial charge in [-0.05, 0) is 85.0 Å². The minimum atomic E-state index is -0.101.